The van der Waals surface area contributed by atoms with Crippen molar-refractivity contribution in [1.82, 2.24) is 29.5 Å². The lowest BCUT2D eigenvalue weighted by Gasteiger charge is -2.34. The van der Waals surface area contributed by atoms with Gasteiger partial charge in [-0.25, -0.2) is 9.97 Å². The molecule has 3 aromatic heterocycles. The highest BCUT2D eigenvalue weighted by Gasteiger charge is 2.28. The van der Waals surface area contributed by atoms with Crippen LogP contribution in [0.1, 0.15) is 47.4 Å². The number of nitrogens with one attached hydrogen (secondary N) is 2. The van der Waals surface area contributed by atoms with Crippen molar-refractivity contribution in [2.24, 2.45) is 12.8 Å². The molecular formula is C25H31N9O. The molecule has 0 atom stereocenters. The van der Waals surface area contributed by atoms with E-state index in [2.05, 4.69) is 36.7 Å². The zero-order valence-electron chi connectivity index (χ0n) is 20.2. The van der Waals surface area contributed by atoms with Crippen LogP contribution in [-0.4, -0.2) is 55.2 Å². The summed E-state index contributed by atoms with van der Waals surface area (Å²) in [6.45, 7) is 4.14. The molecule has 1 saturated heterocycles. The summed E-state index contributed by atoms with van der Waals surface area (Å²) >= 11 is 0. The Hall–Kier alpha value is -3.50. The number of carbonyl (C=O) groups is 1. The fourth-order valence-corrected chi connectivity index (χ4v) is 5.10. The molecule has 1 saturated carbocycles. The molecule has 6 rings (SSSR count). The first-order valence-electron chi connectivity index (χ1n) is 12.3. The van der Waals surface area contributed by atoms with Crippen molar-refractivity contribution in [3.05, 3.63) is 47.7 Å². The predicted molar refractivity (Wildman–Crippen MR) is 136 cm³/mol. The standard InChI is InChI=1S/C25H31N9O/c1-15-12-34-14-22(29-20(11-26)24(34)27-15)30-25(35)18-5-6-21(19-13-32(2)31-23(18)19)33-9-7-17(8-10-33)28-16-3-4-16/h5-6,12-14,16-17,28H,3-4,7-11,26H2,1-2H3,(H,30,35). The summed E-state index contributed by atoms with van der Waals surface area (Å²) in [6.07, 6.45) is 10.5. The molecule has 4 heterocycles. The van der Waals surface area contributed by atoms with Gasteiger partial charge in [-0.3, -0.25) is 9.48 Å². The molecule has 0 bridgehead atoms. The van der Waals surface area contributed by atoms with Crippen molar-refractivity contribution in [3.63, 3.8) is 0 Å². The number of rotatable bonds is 6. The molecule has 35 heavy (non-hydrogen) atoms. The van der Waals surface area contributed by atoms with E-state index in [1.165, 1.54) is 12.8 Å². The highest BCUT2D eigenvalue weighted by Crippen LogP contribution is 2.32. The van der Waals surface area contributed by atoms with Crippen LogP contribution in [0.5, 0.6) is 0 Å². The lowest BCUT2D eigenvalue weighted by Crippen LogP contribution is -2.43. The minimum absolute atomic E-state index is 0.232. The van der Waals surface area contributed by atoms with Crippen molar-refractivity contribution in [3.8, 4) is 0 Å². The van der Waals surface area contributed by atoms with Gasteiger partial charge in [0.1, 0.15) is 11.3 Å². The summed E-state index contributed by atoms with van der Waals surface area (Å²) in [5, 5.41) is 12.3. The van der Waals surface area contributed by atoms with Gasteiger partial charge in [-0.2, -0.15) is 5.10 Å². The molecule has 4 aromatic rings. The third kappa shape index (κ3) is 4.23. The van der Waals surface area contributed by atoms with Crippen molar-refractivity contribution in [2.45, 2.75) is 51.2 Å². The monoisotopic (exact) mass is 473 g/mol. The minimum atomic E-state index is -0.251. The number of carbonyl (C=O) groups excluding carboxylic acids is 1. The number of fused-ring (bicyclic) bond motifs is 2. The molecule has 1 aliphatic carbocycles. The molecule has 1 amide bonds. The Morgan fingerprint density at radius 3 is 2.60 bits per heavy atom. The number of piperidine rings is 1. The van der Waals surface area contributed by atoms with Crippen LogP contribution in [0.25, 0.3) is 16.6 Å². The van der Waals surface area contributed by atoms with Crippen molar-refractivity contribution >= 4 is 34.0 Å². The van der Waals surface area contributed by atoms with Gasteiger partial charge in [-0.15, -0.1) is 0 Å². The van der Waals surface area contributed by atoms with Crippen LogP contribution in [0, 0.1) is 6.92 Å². The molecule has 4 N–H and O–H groups in total. The minimum Gasteiger partial charge on any atom is -0.371 e. The van der Waals surface area contributed by atoms with Gasteiger partial charge in [0.15, 0.2) is 5.65 Å². The largest absolute Gasteiger partial charge is 0.371 e. The van der Waals surface area contributed by atoms with Crippen LogP contribution >= 0.6 is 0 Å². The van der Waals surface area contributed by atoms with Gasteiger partial charge in [0.05, 0.1) is 23.1 Å². The predicted octanol–water partition coefficient (Wildman–Crippen LogP) is 2.36. The molecule has 10 heteroatoms. The van der Waals surface area contributed by atoms with E-state index < -0.39 is 0 Å². The Balaban J connectivity index is 1.26. The van der Waals surface area contributed by atoms with Crippen LogP contribution in [0.3, 0.4) is 0 Å². The van der Waals surface area contributed by atoms with E-state index >= 15 is 0 Å². The van der Waals surface area contributed by atoms with E-state index in [0.29, 0.717) is 34.3 Å². The number of aryl methyl sites for hydroxylation is 2. The highest BCUT2D eigenvalue weighted by atomic mass is 16.1. The van der Waals surface area contributed by atoms with Crippen molar-refractivity contribution in [2.75, 3.05) is 23.3 Å². The summed E-state index contributed by atoms with van der Waals surface area (Å²) in [5.74, 6) is 0.179. The summed E-state index contributed by atoms with van der Waals surface area (Å²) < 4.78 is 3.62. The third-order valence-electron chi connectivity index (χ3n) is 6.96. The maximum Gasteiger partial charge on any atom is 0.259 e. The summed E-state index contributed by atoms with van der Waals surface area (Å²) in [4.78, 5) is 24.8. The second-order valence-corrected chi connectivity index (χ2v) is 9.74. The van der Waals surface area contributed by atoms with Gasteiger partial charge < -0.3 is 25.7 Å². The summed E-state index contributed by atoms with van der Waals surface area (Å²) in [5.41, 5.74) is 10.4. The Labute approximate surface area is 203 Å². The second-order valence-electron chi connectivity index (χ2n) is 9.74. The van der Waals surface area contributed by atoms with Gasteiger partial charge in [-0.05, 0) is 44.7 Å². The number of hydrogen-bond donors (Lipinski definition) is 3. The number of hydrogen-bond acceptors (Lipinski definition) is 7. The van der Waals surface area contributed by atoms with Crippen molar-refractivity contribution in [1.29, 1.82) is 0 Å². The first-order valence-corrected chi connectivity index (χ1v) is 12.3. The van der Waals surface area contributed by atoms with Crippen LogP contribution < -0.4 is 21.3 Å². The summed E-state index contributed by atoms with van der Waals surface area (Å²) in [6, 6.07) is 5.27. The molecule has 1 aliphatic heterocycles. The fourth-order valence-electron chi connectivity index (χ4n) is 5.10. The fraction of sp³-hybridized carbons (Fsp3) is 0.440. The van der Waals surface area contributed by atoms with E-state index in [9.17, 15) is 4.79 Å². The number of nitrogens with zero attached hydrogens (tertiary/aromatic N) is 6. The van der Waals surface area contributed by atoms with Gasteiger partial charge in [0.2, 0.25) is 0 Å². The first-order chi connectivity index (χ1) is 17.0. The quantitative estimate of drug-likeness (QED) is 0.393. The molecule has 0 unspecified atom stereocenters. The number of benzene rings is 1. The molecule has 0 spiro atoms. The van der Waals surface area contributed by atoms with E-state index in [4.69, 9.17) is 5.73 Å². The highest BCUT2D eigenvalue weighted by molar-refractivity contribution is 6.13. The first kappa shape index (κ1) is 22.0. The van der Waals surface area contributed by atoms with Gasteiger partial charge in [-0.1, -0.05) is 0 Å². The zero-order chi connectivity index (χ0) is 24.1. The van der Waals surface area contributed by atoms with Crippen molar-refractivity contribution < 1.29 is 4.79 Å². The Kier molecular flexibility index (Phi) is 5.42. The number of imidazole rings is 1. The molecule has 182 valence electrons. The van der Waals surface area contributed by atoms with E-state index in [-0.39, 0.29) is 12.5 Å². The van der Waals surface area contributed by atoms with E-state index in [1.807, 2.05) is 36.8 Å². The number of nitrogens with two attached hydrogens (primary N) is 1. The third-order valence-corrected chi connectivity index (χ3v) is 6.96. The molecule has 0 radical (unpaired) electrons. The number of amides is 1. The SMILES string of the molecule is Cc1cn2cc(NC(=O)c3ccc(N4CCC(NC5CC5)CC4)c4cn(C)nc34)nc(CN)c2n1. The molecular weight excluding hydrogens is 442 g/mol. The van der Waals surface area contributed by atoms with Gasteiger partial charge in [0, 0.05) is 62.2 Å². The van der Waals surface area contributed by atoms with E-state index in [0.717, 1.165) is 48.7 Å². The average Bonchev–Trinajstić information content (AvgIpc) is 3.44. The van der Waals surface area contributed by atoms with Crippen LogP contribution in [-0.2, 0) is 13.6 Å². The average molecular weight is 474 g/mol. The lowest BCUT2D eigenvalue weighted by atomic mass is 10.0. The maximum absolute atomic E-state index is 13.3. The van der Waals surface area contributed by atoms with Gasteiger partial charge >= 0.3 is 0 Å². The molecule has 2 fully saturated rings. The van der Waals surface area contributed by atoms with E-state index in [1.54, 1.807) is 10.9 Å². The summed E-state index contributed by atoms with van der Waals surface area (Å²) in [7, 11) is 1.89. The number of aromatic nitrogens is 5. The molecule has 2 aliphatic rings. The number of anilines is 2. The maximum atomic E-state index is 13.3. The molecule has 10 nitrogen and oxygen atoms in total. The smallest absolute Gasteiger partial charge is 0.259 e. The Morgan fingerprint density at radius 2 is 1.86 bits per heavy atom. The van der Waals surface area contributed by atoms with Crippen LogP contribution in [0.15, 0.2) is 30.7 Å². The molecule has 1 aromatic carbocycles. The zero-order valence-corrected chi connectivity index (χ0v) is 20.2. The van der Waals surface area contributed by atoms with Gasteiger partial charge in [0.25, 0.3) is 5.91 Å². The normalized spacial score (nSPS) is 16.9. The van der Waals surface area contributed by atoms with Crippen LogP contribution in [0.2, 0.25) is 0 Å². The Morgan fingerprint density at radius 1 is 1.09 bits per heavy atom. The second kappa shape index (κ2) is 8.62. The lowest BCUT2D eigenvalue weighted by molar-refractivity contribution is 0.102. The Bertz CT molecular complexity index is 1410. The van der Waals surface area contributed by atoms with Crippen LogP contribution in [0.4, 0.5) is 11.5 Å². The topological polar surface area (TPSA) is 118 Å².